The molecule has 0 aliphatic carbocycles. The highest BCUT2D eigenvalue weighted by Crippen LogP contribution is 2.03. The van der Waals surface area contributed by atoms with Crippen molar-refractivity contribution < 1.29 is 9.53 Å². The van der Waals surface area contributed by atoms with E-state index in [0.717, 1.165) is 0 Å². The van der Waals surface area contributed by atoms with Crippen LogP contribution in [-0.4, -0.2) is 17.4 Å². The van der Waals surface area contributed by atoms with Crippen LogP contribution in [-0.2, 0) is 9.53 Å². The highest BCUT2D eigenvalue weighted by Gasteiger charge is 2.06. The van der Waals surface area contributed by atoms with Crippen molar-refractivity contribution in [2.24, 2.45) is 5.92 Å². The van der Waals surface area contributed by atoms with Gasteiger partial charge in [-0.15, -0.1) is 0 Å². The van der Waals surface area contributed by atoms with E-state index in [1.807, 2.05) is 20.8 Å². The third-order valence-electron chi connectivity index (χ3n) is 1.05. The van der Waals surface area contributed by atoms with Gasteiger partial charge in [0.2, 0.25) is 0 Å². The second-order valence-corrected chi connectivity index (χ2v) is 4.62. The Morgan fingerprint density at radius 3 is 2.36 bits per heavy atom. The SMILES string of the molecule is CC(C)CC(=O)OCC(C)Br. The first-order valence-electron chi connectivity index (χ1n) is 3.82. The molecule has 0 aromatic heterocycles. The lowest BCUT2D eigenvalue weighted by Gasteiger charge is -2.07. The molecule has 3 heteroatoms. The van der Waals surface area contributed by atoms with Crippen LogP contribution in [0.1, 0.15) is 27.2 Å². The summed E-state index contributed by atoms with van der Waals surface area (Å²) in [6, 6.07) is 0. The second kappa shape index (κ2) is 5.58. The summed E-state index contributed by atoms with van der Waals surface area (Å²) < 4.78 is 4.93. The molecule has 0 bridgehead atoms. The first-order valence-corrected chi connectivity index (χ1v) is 4.73. The Balaban J connectivity index is 3.38. The highest BCUT2D eigenvalue weighted by atomic mass is 79.9. The Morgan fingerprint density at radius 1 is 1.45 bits per heavy atom. The number of hydrogen-bond acceptors (Lipinski definition) is 2. The van der Waals surface area contributed by atoms with Gasteiger partial charge in [0.1, 0.15) is 6.61 Å². The van der Waals surface area contributed by atoms with Crippen molar-refractivity contribution in [2.75, 3.05) is 6.61 Å². The molecule has 0 aliphatic heterocycles. The standard InChI is InChI=1S/C8H15BrO2/c1-6(2)4-8(10)11-5-7(3)9/h6-7H,4-5H2,1-3H3. The molecule has 0 heterocycles. The molecule has 0 saturated heterocycles. The normalized spacial score (nSPS) is 13.2. The Bertz CT molecular complexity index is 121. The van der Waals surface area contributed by atoms with Gasteiger partial charge in [-0.25, -0.2) is 0 Å². The minimum absolute atomic E-state index is 0.105. The summed E-state index contributed by atoms with van der Waals surface area (Å²) in [4.78, 5) is 11.2. The molecular formula is C8H15BrO2. The number of carbonyl (C=O) groups excluding carboxylic acids is 1. The van der Waals surface area contributed by atoms with E-state index >= 15 is 0 Å². The fraction of sp³-hybridized carbons (Fsp3) is 0.875. The van der Waals surface area contributed by atoms with Crippen molar-refractivity contribution in [1.29, 1.82) is 0 Å². The van der Waals surface area contributed by atoms with Crippen LogP contribution in [0.3, 0.4) is 0 Å². The lowest BCUT2D eigenvalue weighted by atomic mass is 10.1. The predicted octanol–water partition coefficient (Wildman–Crippen LogP) is 2.36. The van der Waals surface area contributed by atoms with Gasteiger partial charge in [-0.3, -0.25) is 4.79 Å². The van der Waals surface area contributed by atoms with Gasteiger partial charge in [-0.05, 0) is 12.8 Å². The van der Waals surface area contributed by atoms with Gasteiger partial charge < -0.3 is 4.74 Å². The molecule has 0 N–H and O–H groups in total. The lowest BCUT2D eigenvalue weighted by molar-refractivity contribution is -0.144. The lowest BCUT2D eigenvalue weighted by Crippen LogP contribution is -2.12. The van der Waals surface area contributed by atoms with Crippen LogP contribution in [0.2, 0.25) is 0 Å². The molecular weight excluding hydrogens is 208 g/mol. The zero-order valence-corrected chi connectivity index (χ0v) is 8.85. The van der Waals surface area contributed by atoms with Crippen molar-refractivity contribution in [1.82, 2.24) is 0 Å². The summed E-state index contributed by atoms with van der Waals surface area (Å²) in [6.07, 6.45) is 0.514. The van der Waals surface area contributed by atoms with Crippen LogP contribution in [0.4, 0.5) is 0 Å². The number of alkyl halides is 1. The Labute approximate surface area is 76.4 Å². The number of esters is 1. The molecule has 0 aromatic rings. The minimum atomic E-state index is -0.105. The topological polar surface area (TPSA) is 26.3 Å². The molecule has 0 aromatic carbocycles. The van der Waals surface area contributed by atoms with Gasteiger partial charge in [-0.2, -0.15) is 0 Å². The molecule has 0 fully saturated rings. The quantitative estimate of drug-likeness (QED) is 0.540. The molecule has 0 saturated carbocycles. The van der Waals surface area contributed by atoms with E-state index < -0.39 is 0 Å². The van der Waals surface area contributed by atoms with Gasteiger partial charge in [-0.1, -0.05) is 29.8 Å². The Hall–Kier alpha value is -0.0500. The third kappa shape index (κ3) is 7.85. The van der Waals surface area contributed by atoms with Crippen molar-refractivity contribution in [2.45, 2.75) is 32.0 Å². The zero-order valence-electron chi connectivity index (χ0n) is 7.26. The Kier molecular flexibility index (Phi) is 5.56. The highest BCUT2D eigenvalue weighted by molar-refractivity contribution is 9.09. The van der Waals surface area contributed by atoms with Crippen molar-refractivity contribution in [3.8, 4) is 0 Å². The van der Waals surface area contributed by atoms with Crippen LogP contribution < -0.4 is 0 Å². The van der Waals surface area contributed by atoms with E-state index in [9.17, 15) is 4.79 Å². The fourth-order valence-electron chi connectivity index (χ4n) is 0.600. The van der Waals surface area contributed by atoms with E-state index in [4.69, 9.17) is 4.74 Å². The summed E-state index contributed by atoms with van der Waals surface area (Å²) in [5.74, 6) is 0.277. The molecule has 1 atom stereocenters. The van der Waals surface area contributed by atoms with Gasteiger partial charge in [0.25, 0.3) is 0 Å². The van der Waals surface area contributed by atoms with Crippen molar-refractivity contribution in [3.05, 3.63) is 0 Å². The van der Waals surface area contributed by atoms with E-state index in [0.29, 0.717) is 18.9 Å². The molecule has 0 rings (SSSR count). The molecule has 66 valence electrons. The maximum absolute atomic E-state index is 10.9. The number of halogens is 1. The molecule has 0 aliphatic rings. The molecule has 0 radical (unpaired) electrons. The summed E-state index contributed by atoms with van der Waals surface area (Å²) in [5, 5.41) is 0. The smallest absolute Gasteiger partial charge is 0.306 e. The van der Waals surface area contributed by atoms with Gasteiger partial charge in [0, 0.05) is 11.2 Å². The molecule has 0 amide bonds. The van der Waals surface area contributed by atoms with Crippen LogP contribution in [0.15, 0.2) is 0 Å². The average molecular weight is 223 g/mol. The van der Waals surface area contributed by atoms with Gasteiger partial charge >= 0.3 is 5.97 Å². The summed E-state index contributed by atoms with van der Waals surface area (Å²) in [7, 11) is 0. The number of rotatable bonds is 4. The minimum Gasteiger partial charge on any atom is -0.464 e. The first-order chi connectivity index (χ1) is 5.02. The van der Waals surface area contributed by atoms with Crippen LogP contribution in [0.25, 0.3) is 0 Å². The fourth-order valence-corrected chi connectivity index (χ4v) is 0.732. The largest absolute Gasteiger partial charge is 0.464 e. The second-order valence-electron chi connectivity index (χ2n) is 3.06. The number of hydrogen-bond donors (Lipinski definition) is 0. The van der Waals surface area contributed by atoms with E-state index in [2.05, 4.69) is 15.9 Å². The summed E-state index contributed by atoms with van der Waals surface area (Å²) >= 11 is 3.29. The maximum atomic E-state index is 10.9. The van der Waals surface area contributed by atoms with E-state index in [1.54, 1.807) is 0 Å². The van der Waals surface area contributed by atoms with Gasteiger partial charge in [0.15, 0.2) is 0 Å². The van der Waals surface area contributed by atoms with E-state index in [-0.39, 0.29) is 10.8 Å². The van der Waals surface area contributed by atoms with E-state index in [1.165, 1.54) is 0 Å². The van der Waals surface area contributed by atoms with Crippen LogP contribution in [0, 0.1) is 5.92 Å². The first kappa shape index (κ1) is 11.0. The monoisotopic (exact) mass is 222 g/mol. The van der Waals surface area contributed by atoms with Crippen molar-refractivity contribution in [3.63, 3.8) is 0 Å². The third-order valence-corrected chi connectivity index (χ3v) is 1.31. The van der Waals surface area contributed by atoms with Crippen LogP contribution >= 0.6 is 15.9 Å². The molecule has 11 heavy (non-hydrogen) atoms. The molecule has 1 unspecified atom stereocenters. The molecule has 2 nitrogen and oxygen atoms in total. The zero-order chi connectivity index (χ0) is 8.85. The predicted molar refractivity (Wildman–Crippen MR) is 48.8 cm³/mol. The number of ether oxygens (including phenoxy) is 1. The average Bonchev–Trinajstić information content (AvgIpc) is 1.82. The summed E-state index contributed by atoms with van der Waals surface area (Å²) in [5.41, 5.74) is 0. The van der Waals surface area contributed by atoms with Crippen LogP contribution in [0.5, 0.6) is 0 Å². The number of carbonyl (C=O) groups is 1. The molecule has 0 spiro atoms. The van der Waals surface area contributed by atoms with Crippen molar-refractivity contribution >= 4 is 21.9 Å². The Morgan fingerprint density at radius 2 is 2.00 bits per heavy atom. The van der Waals surface area contributed by atoms with Gasteiger partial charge in [0.05, 0.1) is 0 Å². The maximum Gasteiger partial charge on any atom is 0.306 e. The summed E-state index contributed by atoms with van der Waals surface area (Å²) in [6.45, 7) is 6.41.